The summed E-state index contributed by atoms with van der Waals surface area (Å²) in [5.74, 6) is -0.560. The van der Waals surface area contributed by atoms with Crippen LogP contribution in [-0.4, -0.2) is 69.4 Å². The minimum Gasteiger partial charge on any atom is -0.756 e. The lowest BCUT2D eigenvalue weighted by atomic mass is 10.0. The minimum absolute atomic E-state index is 0.0294. The zero-order valence-electron chi connectivity index (χ0n) is 53.7. The predicted molar refractivity (Wildman–Crippen MR) is 348 cm³/mol. The second-order valence-electron chi connectivity index (χ2n) is 24.0. The Labute approximate surface area is 501 Å². The number of allylic oxidation sites excluding steroid dienone is 13. The first-order valence-electron chi connectivity index (χ1n) is 33.9. The van der Waals surface area contributed by atoms with E-state index in [1.165, 1.54) is 167 Å². The number of amides is 1. The van der Waals surface area contributed by atoms with Crippen LogP contribution in [0.4, 0.5) is 0 Å². The molecule has 9 nitrogen and oxygen atoms in total. The number of phosphoric acid groups is 1. The largest absolute Gasteiger partial charge is 0.756 e. The molecule has 0 saturated heterocycles. The molecule has 0 fully saturated rings. The number of esters is 1. The van der Waals surface area contributed by atoms with Gasteiger partial charge < -0.3 is 28.5 Å². The Balaban J connectivity index is 5.23. The number of nitrogens with zero attached hydrogens (tertiary/aromatic N) is 1. The Hall–Kier alpha value is -2.81. The van der Waals surface area contributed by atoms with Crippen LogP contribution in [-0.2, 0) is 27.9 Å². The van der Waals surface area contributed by atoms with Gasteiger partial charge in [-0.25, -0.2) is 0 Å². The minimum atomic E-state index is -4.71. The highest BCUT2D eigenvalue weighted by atomic mass is 31.2. The molecule has 0 spiro atoms. The molecule has 0 radical (unpaired) electrons. The number of quaternary nitrogens is 1. The molecule has 0 aliphatic rings. The Bertz CT molecular complexity index is 1660. The van der Waals surface area contributed by atoms with Gasteiger partial charge in [-0.3, -0.25) is 14.2 Å². The number of carbonyl (C=O) groups is 2. The van der Waals surface area contributed by atoms with Gasteiger partial charge in [-0.15, -0.1) is 0 Å². The lowest BCUT2D eigenvalue weighted by Gasteiger charge is -2.30. The van der Waals surface area contributed by atoms with E-state index in [0.717, 1.165) is 96.3 Å². The van der Waals surface area contributed by atoms with E-state index in [0.29, 0.717) is 23.9 Å². The topological polar surface area (TPSA) is 114 Å². The third-order valence-corrected chi connectivity index (χ3v) is 15.8. The highest BCUT2D eigenvalue weighted by molar-refractivity contribution is 7.45. The van der Waals surface area contributed by atoms with Crippen LogP contribution in [0.15, 0.2) is 85.1 Å². The maximum atomic E-state index is 13.6. The van der Waals surface area contributed by atoms with Crippen molar-refractivity contribution in [1.29, 1.82) is 0 Å². The molecular weight excluding hydrogens is 1020 g/mol. The number of likely N-dealkylation sites (N-methyl/N-ethyl adjacent to an activating group) is 1. The van der Waals surface area contributed by atoms with Gasteiger partial charge in [-0.05, 0) is 109 Å². The SMILES string of the molecule is CCCCC/C=C\C/C=C\C/C=C\C/C=C\CCCCCCCC(=O)NC(COP(=O)([O-])OCC[N+](C)(C)C)C(/C=C/CCCCCCCCCCCCC)OC(=O)CCCCCCCCCCCCC/C=C\C/C=C\CCCCC. The van der Waals surface area contributed by atoms with Gasteiger partial charge in [-0.1, -0.05) is 267 Å². The molecule has 0 aromatic heterocycles. The molecule has 3 atom stereocenters. The first kappa shape index (κ1) is 78.2. The van der Waals surface area contributed by atoms with E-state index in [1.807, 2.05) is 33.3 Å². The second-order valence-corrected chi connectivity index (χ2v) is 25.4. The molecule has 10 heteroatoms. The van der Waals surface area contributed by atoms with Gasteiger partial charge in [0.1, 0.15) is 19.3 Å². The summed E-state index contributed by atoms with van der Waals surface area (Å²) < 4.78 is 30.4. The Morgan fingerprint density at radius 3 is 1.15 bits per heavy atom. The normalized spacial score (nSPS) is 14.1. The van der Waals surface area contributed by atoms with Crippen LogP contribution < -0.4 is 10.2 Å². The summed E-state index contributed by atoms with van der Waals surface area (Å²) in [5, 5.41) is 3.03. The number of nitrogens with one attached hydrogen (secondary N) is 1. The van der Waals surface area contributed by atoms with Crippen molar-refractivity contribution in [2.75, 3.05) is 40.9 Å². The molecule has 0 heterocycles. The first-order chi connectivity index (χ1) is 39.4. The fourth-order valence-electron chi connectivity index (χ4n) is 9.54. The monoisotopic (exact) mass is 1150 g/mol. The van der Waals surface area contributed by atoms with Gasteiger partial charge in [0, 0.05) is 12.8 Å². The predicted octanol–water partition coefficient (Wildman–Crippen LogP) is 20.7. The highest BCUT2D eigenvalue weighted by Crippen LogP contribution is 2.38. The summed E-state index contributed by atoms with van der Waals surface area (Å²) in [5.41, 5.74) is 0. The van der Waals surface area contributed by atoms with Crippen molar-refractivity contribution in [3.8, 4) is 0 Å². The first-order valence-corrected chi connectivity index (χ1v) is 35.4. The fraction of sp³-hybridized carbons (Fsp3) is 0.775. The third kappa shape index (κ3) is 61.6. The van der Waals surface area contributed by atoms with E-state index in [2.05, 4.69) is 99.0 Å². The van der Waals surface area contributed by atoms with Gasteiger partial charge in [0.25, 0.3) is 7.82 Å². The van der Waals surface area contributed by atoms with E-state index >= 15 is 0 Å². The van der Waals surface area contributed by atoms with Crippen LogP contribution in [0.1, 0.15) is 303 Å². The molecule has 1 N–H and O–H groups in total. The molecule has 0 aromatic carbocycles. The molecule has 470 valence electrons. The van der Waals surface area contributed by atoms with Crippen LogP contribution in [0.2, 0.25) is 0 Å². The lowest BCUT2D eigenvalue weighted by molar-refractivity contribution is -0.870. The Morgan fingerprint density at radius 1 is 0.432 bits per heavy atom. The van der Waals surface area contributed by atoms with E-state index in [1.54, 1.807) is 0 Å². The van der Waals surface area contributed by atoms with Crippen molar-refractivity contribution in [3.05, 3.63) is 85.1 Å². The molecule has 81 heavy (non-hydrogen) atoms. The Kier molecular flexibility index (Phi) is 58.2. The molecule has 0 aliphatic heterocycles. The van der Waals surface area contributed by atoms with Crippen molar-refractivity contribution in [2.24, 2.45) is 0 Å². The van der Waals surface area contributed by atoms with Crippen LogP contribution in [0, 0.1) is 0 Å². The van der Waals surface area contributed by atoms with Crippen LogP contribution in [0.25, 0.3) is 0 Å². The van der Waals surface area contributed by atoms with E-state index < -0.39 is 26.6 Å². The van der Waals surface area contributed by atoms with Crippen molar-refractivity contribution in [2.45, 2.75) is 315 Å². The van der Waals surface area contributed by atoms with Crippen molar-refractivity contribution >= 4 is 19.7 Å². The maximum Gasteiger partial charge on any atom is 0.306 e. The number of unbranched alkanes of at least 4 members (excludes halogenated alkanes) is 33. The second kappa shape index (κ2) is 60.3. The van der Waals surface area contributed by atoms with E-state index in [9.17, 15) is 19.0 Å². The summed E-state index contributed by atoms with van der Waals surface area (Å²) in [6, 6.07) is -0.904. The molecule has 0 saturated carbocycles. The standard InChI is InChI=1S/C71H129N2O7P/c1-7-10-13-16-19-22-25-28-30-32-34-36-38-40-42-45-48-51-54-57-60-63-70(74)72-68(67-79-81(76,77)78-66-65-73(4,5)6)69(62-59-56-53-50-47-44-27-24-21-18-15-12-9-3)80-71(75)64-61-58-55-52-49-46-43-41-39-37-35-33-31-29-26-23-20-17-14-11-8-2/h19-20,22-23,28-31,34,36,40,42,59,62,68-69H,7-18,21,24-27,32-33,35,37-39,41,43-58,60-61,63-67H2,1-6H3,(H-,72,74,76,77)/b22-19-,23-20-,30-28-,31-29-,36-34-,42-40-,62-59+. The maximum absolute atomic E-state index is 13.6. The summed E-state index contributed by atoms with van der Waals surface area (Å²) in [4.78, 5) is 40.1. The van der Waals surface area contributed by atoms with Gasteiger partial charge in [0.2, 0.25) is 5.91 Å². The van der Waals surface area contributed by atoms with Crippen molar-refractivity contribution < 1.29 is 37.3 Å². The number of rotatable bonds is 61. The summed E-state index contributed by atoms with van der Waals surface area (Å²) in [6.45, 7) is 6.80. The van der Waals surface area contributed by atoms with Crippen LogP contribution in [0.3, 0.4) is 0 Å². The zero-order chi connectivity index (χ0) is 59.3. The number of hydrogen-bond acceptors (Lipinski definition) is 7. The number of phosphoric ester groups is 1. The van der Waals surface area contributed by atoms with Crippen molar-refractivity contribution in [3.63, 3.8) is 0 Å². The molecular formula is C71H129N2O7P. The van der Waals surface area contributed by atoms with E-state index in [4.69, 9.17) is 13.8 Å². The summed E-state index contributed by atoms with van der Waals surface area (Å²) in [6.07, 6.45) is 79.7. The number of hydrogen-bond donors (Lipinski definition) is 1. The van der Waals surface area contributed by atoms with Gasteiger partial charge in [0.05, 0.1) is 33.8 Å². The summed E-state index contributed by atoms with van der Waals surface area (Å²) >= 11 is 0. The third-order valence-electron chi connectivity index (χ3n) is 14.8. The summed E-state index contributed by atoms with van der Waals surface area (Å²) in [7, 11) is 1.17. The van der Waals surface area contributed by atoms with Crippen molar-refractivity contribution in [1.82, 2.24) is 5.32 Å². The zero-order valence-corrected chi connectivity index (χ0v) is 54.6. The average molecular weight is 1150 g/mol. The molecule has 1 amide bonds. The van der Waals surface area contributed by atoms with Crippen LogP contribution in [0.5, 0.6) is 0 Å². The quantitative estimate of drug-likeness (QED) is 0.0212. The molecule has 3 unspecified atom stereocenters. The van der Waals surface area contributed by atoms with Gasteiger partial charge in [-0.2, -0.15) is 0 Å². The molecule has 0 rings (SSSR count). The Morgan fingerprint density at radius 2 is 0.753 bits per heavy atom. The van der Waals surface area contributed by atoms with Gasteiger partial charge in [0.15, 0.2) is 0 Å². The lowest BCUT2D eigenvalue weighted by Crippen LogP contribution is -2.47. The molecule has 0 aliphatic carbocycles. The number of carbonyl (C=O) groups excluding carboxylic acids is 2. The van der Waals surface area contributed by atoms with E-state index in [-0.39, 0.29) is 24.9 Å². The van der Waals surface area contributed by atoms with Crippen LogP contribution >= 0.6 is 7.82 Å². The highest BCUT2D eigenvalue weighted by Gasteiger charge is 2.27. The average Bonchev–Trinajstić information content (AvgIpc) is 3.44. The fourth-order valence-corrected chi connectivity index (χ4v) is 10.3. The smallest absolute Gasteiger partial charge is 0.306 e. The number of ether oxygens (including phenoxy) is 1. The molecule has 0 aromatic rings. The molecule has 0 bridgehead atoms. The van der Waals surface area contributed by atoms with Gasteiger partial charge >= 0.3 is 5.97 Å².